The van der Waals surface area contributed by atoms with Crippen molar-refractivity contribution in [3.05, 3.63) is 68.8 Å². The molecule has 2 aromatic rings. The summed E-state index contributed by atoms with van der Waals surface area (Å²) in [5.41, 5.74) is 0.952. The second-order valence-electron chi connectivity index (χ2n) is 4.19. The third kappa shape index (κ3) is 3.96. The molecule has 0 unspecified atom stereocenters. The molecule has 0 bridgehead atoms. The fourth-order valence-corrected chi connectivity index (χ4v) is 1.89. The largest absolute Gasteiger partial charge is 0.332 e. The minimum absolute atomic E-state index is 0.0249. The maximum absolute atomic E-state index is 10.7. The summed E-state index contributed by atoms with van der Waals surface area (Å²) in [7, 11) is 0. The van der Waals surface area contributed by atoms with Crippen LogP contribution in [0.15, 0.2) is 48.5 Å². The first-order chi connectivity index (χ1) is 10.5. The Hall–Kier alpha value is -3.07. The number of nitro groups is 2. The van der Waals surface area contributed by atoms with Gasteiger partial charge in [0.15, 0.2) is 5.11 Å². The summed E-state index contributed by atoms with van der Waals surface area (Å²) in [5, 5.41) is 27.1. The first-order valence-electron chi connectivity index (χ1n) is 6.02. The summed E-state index contributed by atoms with van der Waals surface area (Å²) in [6, 6.07) is 11.6. The predicted molar refractivity (Wildman–Crippen MR) is 86.0 cm³/mol. The highest BCUT2D eigenvalue weighted by Crippen LogP contribution is 2.18. The summed E-state index contributed by atoms with van der Waals surface area (Å²) >= 11 is 5.09. The zero-order chi connectivity index (χ0) is 16.1. The van der Waals surface area contributed by atoms with Crippen LogP contribution in [-0.2, 0) is 0 Å². The van der Waals surface area contributed by atoms with E-state index in [2.05, 4.69) is 10.6 Å². The van der Waals surface area contributed by atoms with Gasteiger partial charge in [0, 0.05) is 35.6 Å². The summed E-state index contributed by atoms with van der Waals surface area (Å²) < 4.78 is 0. The molecule has 22 heavy (non-hydrogen) atoms. The monoisotopic (exact) mass is 318 g/mol. The average Bonchev–Trinajstić information content (AvgIpc) is 2.47. The number of nitrogens with zero attached hydrogens (tertiary/aromatic N) is 2. The topological polar surface area (TPSA) is 110 Å². The third-order valence-corrected chi connectivity index (χ3v) is 2.85. The molecule has 0 radical (unpaired) electrons. The Bertz CT molecular complexity index is 733. The van der Waals surface area contributed by atoms with E-state index in [1.807, 2.05) is 0 Å². The summed E-state index contributed by atoms with van der Waals surface area (Å²) in [6.45, 7) is 0. The van der Waals surface area contributed by atoms with Gasteiger partial charge < -0.3 is 10.6 Å². The molecule has 0 saturated carbocycles. The summed E-state index contributed by atoms with van der Waals surface area (Å²) in [5.74, 6) is 0. The smallest absolute Gasteiger partial charge is 0.271 e. The first kappa shape index (κ1) is 15.3. The Morgan fingerprint density at radius 1 is 0.864 bits per heavy atom. The van der Waals surface area contributed by atoms with Gasteiger partial charge in [0.2, 0.25) is 0 Å². The van der Waals surface area contributed by atoms with Gasteiger partial charge in [0.25, 0.3) is 11.4 Å². The van der Waals surface area contributed by atoms with Gasteiger partial charge in [-0.25, -0.2) is 0 Å². The van der Waals surface area contributed by atoms with Crippen LogP contribution in [0.2, 0.25) is 0 Å². The molecule has 8 nitrogen and oxygen atoms in total. The van der Waals surface area contributed by atoms with Crippen LogP contribution in [0.5, 0.6) is 0 Å². The van der Waals surface area contributed by atoms with Gasteiger partial charge in [0.1, 0.15) is 0 Å². The van der Waals surface area contributed by atoms with Crippen molar-refractivity contribution in [3.8, 4) is 0 Å². The molecule has 9 heteroatoms. The molecule has 0 aliphatic carbocycles. The van der Waals surface area contributed by atoms with Gasteiger partial charge in [-0.3, -0.25) is 20.2 Å². The van der Waals surface area contributed by atoms with Crippen molar-refractivity contribution < 1.29 is 9.85 Å². The molecule has 0 spiro atoms. The van der Waals surface area contributed by atoms with E-state index in [4.69, 9.17) is 12.2 Å². The molecule has 0 amide bonds. The van der Waals surface area contributed by atoms with Crippen LogP contribution < -0.4 is 10.6 Å². The fourth-order valence-electron chi connectivity index (χ4n) is 1.66. The molecule has 2 rings (SSSR count). The number of benzene rings is 2. The number of non-ortho nitro benzene ring substituents is 2. The molecule has 112 valence electrons. The standard InChI is InChI=1S/C13H10N4O4S/c18-16(19)11-6-4-9(5-7-11)14-13(22)15-10-2-1-3-12(8-10)17(20)21/h1-8H,(H2,14,15,22). The Labute approximate surface area is 130 Å². The highest BCUT2D eigenvalue weighted by atomic mass is 32.1. The van der Waals surface area contributed by atoms with Crippen LogP contribution in [0.3, 0.4) is 0 Å². The van der Waals surface area contributed by atoms with Crippen LogP contribution in [0.1, 0.15) is 0 Å². The molecule has 2 aromatic carbocycles. The van der Waals surface area contributed by atoms with E-state index < -0.39 is 9.85 Å². The Balaban J connectivity index is 2.02. The molecule has 0 atom stereocenters. The Morgan fingerprint density at radius 2 is 1.45 bits per heavy atom. The lowest BCUT2D eigenvalue weighted by molar-refractivity contribution is -0.385. The predicted octanol–water partition coefficient (Wildman–Crippen LogP) is 3.31. The van der Waals surface area contributed by atoms with Crippen LogP contribution in [-0.4, -0.2) is 15.0 Å². The number of thiocarbonyl (C=S) groups is 1. The van der Waals surface area contributed by atoms with Crippen LogP contribution in [0.4, 0.5) is 22.7 Å². The van der Waals surface area contributed by atoms with Gasteiger partial charge in [-0.15, -0.1) is 0 Å². The summed E-state index contributed by atoms with van der Waals surface area (Å²) in [4.78, 5) is 20.2. The highest BCUT2D eigenvalue weighted by Gasteiger charge is 2.07. The molecule has 2 N–H and O–H groups in total. The van der Waals surface area contributed by atoms with E-state index in [0.29, 0.717) is 11.4 Å². The van der Waals surface area contributed by atoms with Crippen LogP contribution in [0, 0.1) is 20.2 Å². The third-order valence-electron chi connectivity index (χ3n) is 2.65. The van der Waals surface area contributed by atoms with Crippen molar-refractivity contribution in [1.29, 1.82) is 0 Å². The molecule has 0 aromatic heterocycles. The van der Waals surface area contributed by atoms with E-state index >= 15 is 0 Å². The van der Waals surface area contributed by atoms with E-state index in [-0.39, 0.29) is 16.5 Å². The average molecular weight is 318 g/mol. The first-order valence-corrected chi connectivity index (χ1v) is 6.43. The van der Waals surface area contributed by atoms with Crippen molar-refractivity contribution in [1.82, 2.24) is 0 Å². The zero-order valence-corrected chi connectivity index (χ0v) is 11.9. The van der Waals surface area contributed by atoms with E-state index in [0.717, 1.165) is 0 Å². The lowest BCUT2D eigenvalue weighted by atomic mass is 10.3. The van der Waals surface area contributed by atoms with Crippen LogP contribution >= 0.6 is 12.2 Å². The number of hydrogen-bond donors (Lipinski definition) is 2. The number of hydrogen-bond acceptors (Lipinski definition) is 5. The number of nitro benzene ring substituents is 2. The molecule has 0 aliphatic heterocycles. The van der Waals surface area contributed by atoms with Crippen molar-refractivity contribution >= 4 is 40.1 Å². The quantitative estimate of drug-likeness (QED) is 0.505. The number of anilines is 2. The lowest BCUT2D eigenvalue weighted by Gasteiger charge is -2.10. The minimum Gasteiger partial charge on any atom is -0.332 e. The van der Waals surface area contributed by atoms with Gasteiger partial charge in [0.05, 0.1) is 9.85 Å². The highest BCUT2D eigenvalue weighted by molar-refractivity contribution is 7.80. The summed E-state index contributed by atoms with van der Waals surface area (Å²) in [6.07, 6.45) is 0. The van der Waals surface area contributed by atoms with E-state index in [9.17, 15) is 20.2 Å². The van der Waals surface area contributed by atoms with E-state index in [1.165, 1.54) is 42.5 Å². The normalized spacial score (nSPS) is 9.82. The van der Waals surface area contributed by atoms with Gasteiger partial charge in [-0.2, -0.15) is 0 Å². The Morgan fingerprint density at radius 3 is 2.05 bits per heavy atom. The van der Waals surface area contributed by atoms with Gasteiger partial charge in [-0.05, 0) is 30.4 Å². The SMILES string of the molecule is O=[N+]([O-])c1ccc(NC(=S)Nc2cccc([N+](=O)[O-])c2)cc1. The number of nitrogens with one attached hydrogen (secondary N) is 2. The van der Waals surface area contributed by atoms with Crippen molar-refractivity contribution in [3.63, 3.8) is 0 Å². The molecular weight excluding hydrogens is 308 g/mol. The molecular formula is C13H10N4O4S. The van der Waals surface area contributed by atoms with Crippen LogP contribution in [0.25, 0.3) is 0 Å². The maximum atomic E-state index is 10.7. The second-order valence-corrected chi connectivity index (χ2v) is 4.60. The minimum atomic E-state index is -0.502. The second kappa shape index (κ2) is 6.59. The van der Waals surface area contributed by atoms with E-state index in [1.54, 1.807) is 6.07 Å². The molecule has 0 aliphatic rings. The van der Waals surface area contributed by atoms with Crippen molar-refractivity contribution in [2.75, 3.05) is 10.6 Å². The van der Waals surface area contributed by atoms with Gasteiger partial charge >= 0.3 is 0 Å². The lowest BCUT2D eigenvalue weighted by Crippen LogP contribution is -2.19. The maximum Gasteiger partial charge on any atom is 0.271 e. The number of rotatable bonds is 4. The molecule has 0 heterocycles. The molecule has 0 fully saturated rings. The fraction of sp³-hybridized carbons (Fsp3) is 0. The Kier molecular flexibility index (Phi) is 4.59. The van der Waals surface area contributed by atoms with Crippen molar-refractivity contribution in [2.24, 2.45) is 0 Å². The zero-order valence-electron chi connectivity index (χ0n) is 11.1. The van der Waals surface area contributed by atoms with Crippen molar-refractivity contribution in [2.45, 2.75) is 0 Å². The molecule has 0 saturated heterocycles. The van der Waals surface area contributed by atoms with Gasteiger partial charge in [-0.1, -0.05) is 6.07 Å².